The maximum Gasteiger partial charge on any atom is 0.416 e. The minimum Gasteiger partial charge on any atom is -0.454 e. The largest absolute Gasteiger partial charge is 0.454 e. The zero-order valence-corrected chi connectivity index (χ0v) is 14.7. The number of halogens is 3. The van der Waals surface area contributed by atoms with Crippen molar-refractivity contribution in [3.63, 3.8) is 0 Å². The second kappa shape index (κ2) is 6.15. The lowest BCUT2D eigenvalue weighted by Crippen LogP contribution is -2.40. The Balaban J connectivity index is 1.57. The van der Waals surface area contributed by atoms with E-state index in [0.29, 0.717) is 22.6 Å². The van der Waals surface area contributed by atoms with Gasteiger partial charge in [0.1, 0.15) is 5.54 Å². The van der Waals surface area contributed by atoms with E-state index in [1.165, 1.54) is 12.1 Å². The van der Waals surface area contributed by atoms with Crippen molar-refractivity contribution in [1.29, 1.82) is 0 Å². The summed E-state index contributed by atoms with van der Waals surface area (Å²) < 4.78 is 48.6. The van der Waals surface area contributed by atoms with Gasteiger partial charge in [-0.1, -0.05) is 18.2 Å². The minimum absolute atomic E-state index is 0.0792. The highest BCUT2D eigenvalue weighted by molar-refractivity contribution is 6.07. The topological polar surface area (TPSA) is 67.9 Å². The molecule has 1 fully saturated rings. The third-order valence-electron chi connectivity index (χ3n) is 4.85. The van der Waals surface area contributed by atoms with Crippen molar-refractivity contribution >= 4 is 11.9 Å². The molecular formula is C19H15F3N2O4. The number of carbonyl (C=O) groups excluding carboxylic acids is 2. The van der Waals surface area contributed by atoms with Crippen molar-refractivity contribution in [3.8, 4) is 11.5 Å². The van der Waals surface area contributed by atoms with Crippen LogP contribution >= 0.6 is 0 Å². The molecule has 0 saturated carbocycles. The van der Waals surface area contributed by atoms with Crippen molar-refractivity contribution < 1.29 is 32.2 Å². The number of amides is 3. The molecule has 2 aliphatic heterocycles. The van der Waals surface area contributed by atoms with Crippen LogP contribution in [0.4, 0.5) is 18.0 Å². The summed E-state index contributed by atoms with van der Waals surface area (Å²) in [6, 6.07) is 8.66. The van der Waals surface area contributed by atoms with Crippen LogP contribution in [0.25, 0.3) is 0 Å². The zero-order valence-electron chi connectivity index (χ0n) is 14.7. The Morgan fingerprint density at radius 1 is 1.07 bits per heavy atom. The van der Waals surface area contributed by atoms with E-state index in [-0.39, 0.29) is 13.3 Å². The SMILES string of the molecule is CC1(c2ccc3c(c2)OCO3)NC(=O)N(Cc2ccc(C(F)(F)F)cc2)C1=O. The molecule has 1 saturated heterocycles. The Morgan fingerprint density at radius 3 is 2.43 bits per heavy atom. The molecule has 146 valence electrons. The second-order valence-electron chi connectivity index (χ2n) is 6.71. The minimum atomic E-state index is -4.45. The average molecular weight is 392 g/mol. The number of fused-ring (bicyclic) bond motifs is 1. The highest BCUT2D eigenvalue weighted by atomic mass is 19.4. The average Bonchev–Trinajstić information content (AvgIpc) is 3.20. The van der Waals surface area contributed by atoms with E-state index in [9.17, 15) is 22.8 Å². The van der Waals surface area contributed by atoms with Crippen LogP contribution in [-0.2, 0) is 23.1 Å². The number of imide groups is 1. The van der Waals surface area contributed by atoms with Crippen molar-refractivity contribution in [2.45, 2.75) is 25.2 Å². The first-order chi connectivity index (χ1) is 13.2. The molecule has 0 aromatic heterocycles. The first kappa shape index (κ1) is 18.1. The van der Waals surface area contributed by atoms with Gasteiger partial charge in [-0.15, -0.1) is 0 Å². The summed E-state index contributed by atoms with van der Waals surface area (Å²) in [5, 5.41) is 2.65. The van der Waals surface area contributed by atoms with Gasteiger partial charge in [-0.3, -0.25) is 9.69 Å². The van der Waals surface area contributed by atoms with Crippen LogP contribution in [0.15, 0.2) is 42.5 Å². The number of nitrogens with one attached hydrogen (secondary N) is 1. The number of nitrogens with zero attached hydrogens (tertiary/aromatic N) is 1. The predicted molar refractivity (Wildman–Crippen MR) is 90.4 cm³/mol. The Labute approximate surface area is 157 Å². The van der Waals surface area contributed by atoms with Gasteiger partial charge in [0.15, 0.2) is 11.5 Å². The molecule has 0 bridgehead atoms. The molecule has 28 heavy (non-hydrogen) atoms. The number of urea groups is 1. The van der Waals surface area contributed by atoms with Crippen LogP contribution in [0.3, 0.4) is 0 Å². The van der Waals surface area contributed by atoms with Gasteiger partial charge in [0.2, 0.25) is 6.79 Å². The molecule has 2 heterocycles. The number of carbonyl (C=O) groups is 2. The van der Waals surface area contributed by atoms with Gasteiger partial charge in [0.05, 0.1) is 12.1 Å². The molecule has 4 rings (SSSR count). The molecule has 6 nitrogen and oxygen atoms in total. The summed E-state index contributed by atoms with van der Waals surface area (Å²) in [4.78, 5) is 26.3. The molecule has 3 amide bonds. The zero-order chi connectivity index (χ0) is 20.1. The molecule has 0 aliphatic carbocycles. The normalized spacial score (nSPS) is 21.2. The second-order valence-corrected chi connectivity index (χ2v) is 6.71. The van der Waals surface area contributed by atoms with Crippen molar-refractivity contribution in [2.24, 2.45) is 0 Å². The fraction of sp³-hybridized carbons (Fsp3) is 0.263. The van der Waals surface area contributed by atoms with E-state index in [4.69, 9.17) is 9.47 Å². The molecule has 1 unspecified atom stereocenters. The van der Waals surface area contributed by atoms with E-state index in [0.717, 1.165) is 17.0 Å². The van der Waals surface area contributed by atoms with E-state index in [1.807, 2.05) is 0 Å². The van der Waals surface area contributed by atoms with E-state index in [2.05, 4.69) is 5.32 Å². The lowest BCUT2D eigenvalue weighted by molar-refractivity contribution is -0.137. The lowest BCUT2D eigenvalue weighted by Gasteiger charge is -2.22. The van der Waals surface area contributed by atoms with Crippen LogP contribution in [0.2, 0.25) is 0 Å². The number of benzene rings is 2. The standard InChI is InChI=1S/C19H15F3N2O4/c1-18(13-6-7-14-15(8-13)28-10-27-14)16(25)24(17(26)23-18)9-11-2-4-12(5-3-11)19(20,21)22/h2-8H,9-10H2,1H3,(H,23,26). The number of ether oxygens (including phenoxy) is 2. The number of hydrogen-bond donors (Lipinski definition) is 1. The Bertz CT molecular complexity index is 959. The van der Waals surface area contributed by atoms with E-state index >= 15 is 0 Å². The van der Waals surface area contributed by atoms with Crippen LogP contribution in [0, 0.1) is 0 Å². The van der Waals surface area contributed by atoms with Crippen molar-refractivity contribution in [2.75, 3.05) is 6.79 Å². The van der Waals surface area contributed by atoms with Gasteiger partial charge in [-0.2, -0.15) is 13.2 Å². The fourth-order valence-electron chi connectivity index (χ4n) is 3.23. The Kier molecular flexibility index (Phi) is 3.99. The van der Waals surface area contributed by atoms with Crippen LogP contribution in [0.1, 0.15) is 23.6 Å². The van der Waals surface area contributed by atoms with E-state index in [1.54, 1.807) is 25.1 Å². The molecule has 2 aromatic carbocycles. The summed E-state index contributed by atoms with van der Waals surface area (Å²) in [6.45, 7) is 1.51. The number of rotatable bonds is 3. The van der Waals surface area contributed by atoms with E-state index < -0.39 is 29.2 Å². The van der Waals surface area contributed by atoms with Gasteiger partial charge in [-0.25, -0.2) is 4.79 Å². The summed E-state index contributed by atoms with van der Waals surface area (Å²) in [5.41, 5.74) is -1.18. The number of hydrogen-bond acceptors (Lipinski definition) is 4. The quantitative estimate of drug-likeness (QED) is 0.813. The van der Waals surface area contributed by atoms with Gasteiger partial charge in [0.25, 0.3) is 5.91 Å². The van der Waals surface area contributed by atoms with Crippen molar-refractivity contribution in [1.82, 2.24) is 10.2 Å². The molecule has 1 atom stereocenters. The highest BCUT2D eigenvalue weighted by Gasteiger charge is 2.49. The first-order valence-corrected chi connectivity index (χ1v) is 8.39. The Morgan fingerprint density at radius 2 is 1.75 bits per heavy atom. The summed E-state index contributed by atoms with van der Waals surface area (Å²) >= 11 is 0. The molecular weight excluding hydrogens is 377 g/mol. The fourth-order valence-corrected chi connectivity index (χ4v) is 3.23. The maximum absolute atomic E-state index is 13.0. The smallest absolute Gasteiger partial charge is 0.416 e. The van der Waals surface area contributed by atoms with Crippen LogP contribution in [-0.4, -0.2) is 23.6 Å². The Hall–Kier alpha value is -3.23. The summed E-state index contributed by atoms with van der Waals surface area (Å²) in [5.74, 6) is 0.518. The third-order valence-corrected chi connectivity index (χ3v) is 4.85. The predicted octanol–water partition coefficient (Wildman–Crippen LogP) is 3.40. The van der Waals surface area contributed by atoms with Gasteiger partial charge < -0.3 is 14.8 Å². The first-order valence-electron chi connectivity index (χ1n) is 8.39. The van der Waals surface area contributed by atoms with Gasteiger partial charge in [-0.05, 0) is 42.3 Å². The van der Waals surface area contributed by atoms with Gasteiger partial charge in [0, 0.05) is 0 Å². The third kappa shape index (κ3) is 2.92. The lowest BCUT2D eigenvalue weighted by atomic mass is 9.91. The molecule has 0 spiro atoms. The molecule has 1 N–H and O–H groups in total. The number of alkyl halides is 3. The van der Waals surface area contributed by atoms with Crippen LogP contribution < -0.4 is 14.8 Å². The molecule has 2 aliphatic rings. The summed E-state index contributed by atoms with van der Waals surface area (Å²) in [6.07, 6.45) is -4.45. The van der Waals surface area contributed by atoms with Crippen molar-refractivity contribution in [3.05, 3.63) is 59.2 Å². The molecule has 9 heteroatoms. The summed E-state index contributed by atoms with van der Waals surface area (Å²) in [7, 11) is 0. The van der Waals surface area contributed by atoms with Gasteiger partial charge >= 0.3 is 12.2 Å². The maximum atomic E-state index is 13.0. The molecule has 0 radical (unpaired) electrons. The highest BCUT2D eigenvalue weighted by Crippen LogP contribution is 2.38. The molecule has 2 aromatic rings. The van der Waals surface area contributed by atoms with Crippen LogP contribution in [0.5, 0.6) is 11.5 Å². The monoisotopic (exact) mass is 392 g/mol.